The van der Waals surface area contributed by atoms with Crippen LogP contribution in [0.5, 0.6) is 0 Å². The Balaban J connectivity index is 2.58. The number of epoxide rings is 3. The lowest BCUT2D eigenvalue weighted by molar-refractivity contribution is -0.374. The van der Waals surface area contributed by atoms with Gasteiger partial charge in [0.25, 0.3) is 0 Å². The number of hydrogen-bond donors (Lipinski definition) is 0. The molecular weight excluding hydrogens is 72.0 g/mol. The van der Waals surface area contributed by atoms with Gasteiger partial charge in [0.1, 0.15) is 0 Å². The van der Waals surface area contributed by atoms with E-state index in [4.69, 9.17) is 0 Å². The highest BCUT2D eigenvalue weighted by molar-refractivity contribution is 5.19. The summed E-state index contributed by atoms with van der Waals surface area (Å²) in [6.07, 6.45) is 0. The zero-order chi connectivity index (χ0) is 3.12. The van der Waals surface area contributed by atoms with Gasteiger partial charge < -0.3 is 0 Å². The molecule has 5 heavy (non-hydrogen) atoms. The fourth-order valence-electron chi connectivity index (χ4n) is 0.477. The molecule has 0 unspecified atom stereocenters. The first-order valence-electron chi connectivity index (χ1n) is 1.47. The van der Waals surface area contributed by atoms with Gasteiger partial charge in [-0.25, -0.2) is 0 Å². The van der Waals surface area contributed by atoms with Crippen LogP contribution in [-0.2, 0) is 14.2 Å². The predicted octanol–water partition coefficient (Wildman–Crippen LogP) is -0.615. The van der Waals surface area contributed by atoms with Crippen LogP contribution in [0.25, 0.3) is 0 Å². The molecule has 0 radical (unpaired) electrons. The first-order valence-corrected chi connectivity index (χ1v) is 1.47. The Morgan fingerprint density at radius 2 is 1.00 bits per heavy atom. The molecule has 0 aliphatic carbocycles. The van der Waals surface area contributed by atoms with Crippen LogP contribution in [0.2, 0.25) is 0 Å². The highest BCUT2D eigenvalue weighted by atomic mass is 17.4. The number of ether oxygens (including phenoxy) is 3. The third-order valence-corrected chi connectivity index (χ3v) is 1.06. The van der Waals surface area contributed by atoms with E-state index in [9.17, 15) is 0 Å². The minimum absolute atomic E-state index is 0.438. The zero-order valence-corrected chi connectivity index (χ0v) is 2.22. The molecule has 3 aliphatic rings. The monoisotopic (exact) mass is 72.0 g/mol. The second kappa shape index (κ2) is 0.145. The van der Waals surface area contributed by atoms with E-state index >= 15 is 0 Å². The average molecular weight is 72.0 g/mol. The van der Waals surface area contributed by atoms with Crippen molar-refractivity contribution in [2.45, 2.75) is 11.9 Å². The summed E-state index contributed by atoms with van der Waals surface area (Å²) in [7, 11) is 0. The molecule has 3 heteroatoms. The zero-order valence-electron chi connectivity index (χ0n) is 2.22. The van der Waals surface area contributed by atoms with Gasteiger partial charge in [0.05, 0.1) is 0 Å². The van der Waals surface area contributed by atoms with E-state index in [1.165, 1.54) is 0 Å². The predicted molar refractivity (Wildman–Crippen MR) is 8.72 cm³/mol. The molecule has 0 aromatic carbocycles. The van der Waals surface area contributed by atoms with Gasteiger partial charge in [-0.2, -0.15) is 0 Å². The summed E-state index contributed by atoms with van der Waals surface area (Å²) in [4.78, 5) is 0. The highest BCUT2D eigenvalue weighted by Gasteiger charge is 3.15. The molecule has 0 atom stereocenters. The minimum atomic E-state index is -0.438. The quantitative estimate of drug-likeness (QED) is 0.358. The van der Waals surface area contributed by atoms with E-state index in [-0.39, 0.29) is 0 Å². The molecule has 3 nitrogen and oxygen atoms in total. The largest absolute Gasteiger partial charge is 0.384 e. The fourth-order valence-corrected chi connectivity index (χ4v) is 0.477. The molecule has 0 aromatic heterocycles. The van der Waals surface area contributed by atoms with Crippen molar-refractivity contribution >= 4 is 0 Å². The van der Waals surface area contributed by atoms with Gasteiger partial charge in [0, 0.05) is 0 Å². The van der Waals surface area contributed by atoms with Crippen LogP contribution in [0.4, 0.5) is 0 Å². The average Bonchev–Trinajstić information content (AvgIpc) is 1.30. The molecule has 3 saturated heterocycles. The van der Waals surface area contributed by atoms with E-state index in [0.29, 0.717) is 0 Å². The Bertz CT molecular complexity index is 86.3. The van der Waals surface area contributed by atoms with Crippen LogP contribution in [-0.4, -0.2) is 11.9 Å². The Kier molecular flexibility index (Phi) is 0.0451. The van der Waals surface area contributed by atoms with Gasteiger partial charge in [-0.05, 0) is 0 Å². The smallest absolute Gasteiger partial charge is 0.256 e. The third-order valence-electron chi connectivity index (χ3n) is 1.06. The maximum Gasteiger partial charge on any atom is 0.384 e. The maximum atomic E-state index is 4.62. The van der Waals surface area contributed by atoms with Crippen LogP contribution < -0.4 is 0 Å². The summed E-state index contributed by atoms with van der Waals surface area (Å²) in [5.74, 6) is -0.875. The first kappa shape index (κ1) is 1.55. The standard InChI is InChI=1S/C2O3/c3-1-2(3,4-1)5-1. The number of rotatable bonds is 0. The maximum absolute atomic E-state index is 4.62. The van der Waals surface area contributed by atoms with Crippen molar-refractivity contribution in [3.8, 4) is 0 Å². The van der Waals surface area contributed by atoms with E-state index < -0.39 is 11.9 Å². The van der Waals surface area contributed by atoms with Crippen molar-refractivity contribution in [2.75, 3.05) is 0 Å². The molecule has 0 aromatic rings. The van der Waals surface area contributed by atoms with Gasteiger partial charge in [-0.15, -0.1) is 0 Å². The highest BCUT2D eigenvalue weighted by Crippen LogP contribution is 2.85. The second-order valence-corrected chi connectivity index (χ2v) is 1.42. The lowest BCUT2D eigenvalue weighted by Crippen LogP contribution is -2.12. The summed E-state index contributed by atoms with van der Waals surface area (Å²) in [6, 6.07) is 0. The molecule has 26 valence electrons. The fraction of sp³-hybridized carbons (Fsp3) is 1.00. The lowest BCUT2D eigenvalue weighted by Gasteiger charge is -2.02. The molecule has 0 N–H and O–H groups in total. The normalized spacial score (nSPS) is 91.2. The van der Waals surface area contributed by atoms with Crippen LogP contribution in [0.15, 0.2) is 0 Å². The van der Waals surface area contributed by atoms with Gasteiger partial charge in [0.2, 0.25) is 0 Å². The molecule has 0 saturated carbocycles. The molecule has 3 fully saturated rings. The Morgan fingerprint density at radius 1 is 0.800 bits per heavy atom. The lowest BCUT2D eigenvalue weighted by atomic mass is 11.0. The Labute approximate surface area is 27.4 Å². The Hall–Kier alpha value is -0.120. The van der Waals surface area contributed by atoms with Crippen molar-refractivity contribution in [3.63, 3.8) is 0 Å². The van der Waals surface area contributed by atoms with E-state index in [1.54, 1.807) is 0 Å². The third kappa shape index (κ3) is 0.0315. The summed E-state index contributed by atoms with van der Waals surface area (Å²) >= 11 is 0. The first-order chi connectivity index (χ1) is 2.37. The summed E-state index contributed by atoms with van der Waals surface area (Å²) in [5.41, 5.74) is 0. The molecule has 3 aliphatic heterocycles. The SMILES string of the molecule is O1C23OC12O3. The van der Waals surface area contributed by atoms with Crippen LogP contribution >= 0.6 is 0 Å². The number of hydrogen-bond acceptors (Lipinski definition) is 3. The van der Waals surface area contributed by atoms with Crippen molar-refractivity contribution in [1.82, 2.24) is 0 Å². The van der Waals surface area contributed by atoms with Gasteiger partial charge >= 0.3 is 11.9 Å². The molecule has 0 spiro atoms. The molecule has 0 amide bonds. The van der Waals surface area contributed by atoms with Gasteiger partial charge in [0.15, 0.2) is 0 Å². The van der Waals surface area contributed by atoms with Crippen molar-refractivity contribution in [1.29, 1.82) is 0 Å². The topological polar surface area (TPSA) is 37.6 Å². The summed E-state index contributed by atoms with van der Waals surface area (Å²) in [5, 5.41) is 0. The minimum Gasteiger partial charge on any atom is -0.256 e. The summed E-state index contributed by atoms with van der Waals surface area (Å²) in [6.45, 7) is 0. The van der Waals surface area contributed by atoms with E-state index in [0.717, 1.165) is 0 Å². The Morgan fingerprint density at radius 3 is 1.00 bits per heavy atom. The summed E-state index contributed by atoms with van der Waals surface area (Å²) < 4.78 is 13.9. The van der Waals surface area contributed by atoms with Crippen molar-refractivity contribution < 1.29 is 14.2 Å². The molecular formula is C2O3. The van der Waals surface area contributed by atoms with Crippen molar-refractivity contribution in [3.05, 3.63) is 0 Å². The van der Waals surface area contributed by atoms with Crippen molar-refractivity contribution in [2.24, 2.45) is 0 Å². The second-order valence-electron chi connectivity index (χ2n) is 1.42. The van der Waals surface area contributed by atoms with Crippen LogP contribution in [0.1, 0.15) is 0 Å². The molecule has 3 heterocycles. The van der Waals surface area contributed by atoms with Crippen LogP contribution in [0.3, 0.4) is 0 Å². The van der Waals surface area contributed by atoms with Crippen LogP contribution in [0, 0.1) is 0 Å². The molecule has 0 bridgehead atoms. The van der Waals surface area contributed by atoms with E-state index in [2.05, 4.69) is 14.2 Å². The van der Waals surface area contributed by atoms with E-state index in [1.807, 2.05) is 0 Å². The molecule has 3 rings (SSSR count). The van der Waals surface area contributed by atoms with Gasteiger partial charge in [-0.1, -0.05) is 0 Å². The van der Waals surface area contributed by atoms with Gasteiger partial charge in [-0.3, -0.25) is 14.2 Å².